The van der Waals surface area contributed by atoms with Crippen LogP contribution in [0.5, 0.6) is 5.75 Å². The van der Waals surface area contributed by atoms with Gasteiger partial charge in [0.25, 0.3) is 0 Å². The maximum Gasteiger partial charge on any atom is 0.408 e. The van der Waals surface area contributed by atoms with Crippen LogP contribution in [0.4, 0.5) is 4.79 Å². The summed E-state index contributed by atoms with van der Waals surface area (Å²) >= 11 is 0. The number of nitrogens with one attached hydrogen (secondary N) is 1. The van der Waals surface area contributed by atoms with Crippen LogP contribution in [0.15, 0.2) is 27.4 Å². The second-order valence-electron chi connectivity index (χ2n) is 9.58. The Bertz CT molecular complexity index is 1020. The second kappa shape index (κ2) is 10.7. The summed E-state index contributed by atoms with van der Waals surface area (Å²) in [5, 5.41) is 3.25. The van der Waals surface area contributed by atoms with Gasteiger partial charge in [-0.15, -0.1) is 0 Å². The minimum absolute atomic E-state index is 0.134. The third kappa shape index (κ3) is 7.39. The number of hydrogen-bond acceptors (Lipinski definition) is 6. The highest BCUT2D eigenvalue weighted by Gasteiger charge is 2.27. The number of rotatable bonds is 8. The smallest absolute Gasteiger partial charge is 0.408 e. The Morgan fingerprint density at radius 1 is 1.16 bits per heavy atom. The van der Waals surface area contributed by atoms with Crippen LogP contribution in [-0.4, -0.2) is 23.7 Å². The van der Waals surface area contributed by atoms with E-state index in [1.807, 2.05) is 20.8 Å². The molecular formula is C25H35NO6. The van der Waals surface area contributed by atoms with Crippen LogP contribution in [0.3, 0.4) is 0 Å². The highest BCUT2D eigenvalue weighted by Crippen LogP contribution is 2.31. The predicted octanol–water partition coefficient (Wildman–Crippen LogP) is 5.29. The largest absolute Gasteiger partial charge is 0.444 e. The summed E-state index contributed by atoms with van der Waals surface area (Å²) in [5.41, 5.74) is 0.829. The molecule has 7 heteroatoms. The zero-order chi connectivity index (χ0) is 24.1. The van der Waals surface area contributed by atoms with E-state index in [1.54, 1.807) is 32.9 Å². The van der Waals surface area contributed by atoms with Gasteiger partial charge in [-0.1, -0.05) is 27.2 Å². The molecule has 0 saturated heterocycles. The fourth-order valence-corrected chi connectivity index (χ4v) is 3.43. The van der Waals surface area contributed by atoms with Crippen molar-refractivity contribution < 1.29 is 23.5 Å². The van der Waals surface area contributed by atoms with Crippen LogP contribution >= 0.6 is 0 Å². The molecule has 0 aliphatic rings. The molecule has 1 N–H and O–H groups in total. The number of amides is 1. The average Bonchev–Trinajstić information content (AvgIpc) is 2.62. The molecule has 1 atom stereocenters. The van der Waals surface area contributed by atoms with Gasteiger partial charge in [0.1, 0.15) is 23.0 Å². The molecule has 0 unspecified atom stereocenters. The number of alkyl carbamates (subject to hydrolysis) is 1. The summed E-state index contributed by atoms with van der Waals surface area (Å²) in [5.74, 6) is -0.140. The molecular weight excluding hydrogens is 410 g/mol. The van der Waals surface area contributed by atoms with Crippen LogP contribution in [0.1, 0.15) is 71.9 Å². The molecule has 0 bridgehead atoms. The number of esters is 1. The third-order valence-electron chi connectivity index (χ3n) is 4.73. The van der Waals surface area contributed by atoms with E-state index in [-0.39, 0.29) is 5.92 Å². The molecule has 32 heavy (non-hydrogen) atoms. The van der Waals surface area contributed by atoms with Gasteiger partial charge in [-0.3, -0.25) is 0 Å². The Morgan fingerprint density at radius 3 is 2.44 bits per heavy atom. The molecule has 1 aromatic heterocycles. The maximum atomic E-state index is 13.1. The fraction of sp³-hybridized carbons (Fsp3) is 0.560. The molecule has 176 valence electrons. The van der Waals surface area contributed by atoms with Crippen LogP contribution in [0.25, 0.3) is 11.0 Å². The molecule has 7 nitrogen and oxygen atoms in total. The number of benzene rings is 1. The Kier molecular flexibility index (Phi) is 8.47. The van der Waals surface area contributed by atoms with Crippen molar-refractivity contribution in [1.29, 1.82) is 0 Å². The number of ether oxygens (including phenoxy) is 2. The molecule has 0 spiro atoms. The molecule has 2 aromatic rings. The van der Waals surface area contributed by atoms with Crippen molar-refractivity contribution in [3.05, 3.63) is 39.7 Å². The molecule has 2 rings (SSSR count). The van der Waals surface area contributed by atoms with Crippen molar-refractivity contribution >= 4 is 23.0 Å². The van der Waals surface area contributed by atoms with Crippen molar-refractivity contribution in [1.82, 2.24) is 5.32 Å². The topological polar surface area (TPSA) is 94.8 Å². The number of fused-ring (bicyclic) bond motifs is 1. The fourth-order valence-electron chi connectivity index (χ4n) is 3.43. The van der Waals surface area contributed by atoms with Crippen molar-refractivity contribution in [2.45, 2.75) is 85.8 Å². The predicted molar refractivity (Wildman–Crippen MR) is 124 cm³/mol. The first-order valence-corrected chi connectivity index (χ1v) is 11.2. The lowest BCUT2D eigenvalue weighted by Gasteiger charge is -2.24. The zero-order valence-electron chi connectivity index (χ0n) is 20.2. The Hall–Kier alpha value is -2.83. The second-order valence-corrected chi connectivity index (χ2v) is 9.58. The molecule has 1 heterocycles. The van der Waals surface area contributed by atoms with Gasteiger partial charge in [0.05, 0.1) is 5.39 Å². The lowest BCUT2D eigenvalue weighted by atomic mass is 10.0. The third-order valence-corrected chi connectivity index (χ3v) is 4.73. The summed E-state index contributed by atoms with van der Waals surface area (Å²) in [6.07, 6.45) is 2.22. The number of carbonyl (C=O) groups excluding carboxylic acids is 2. The van der Waals surface area contributed by atoms with E-state index in [0.717, 1.165) is 24.0 Å². The Morgan fingerprint density at radius 2 is 1.84 bits per heavy atom. The summed E-state index contributed by atoms with van der Waals surface area (Å²) in [6.45, 7) is 13.1. The number of hydrogen-bond donors (Lipinski definition) is 1. The van der Waals surface area contributed by atoms with E-state index in [0.29, 0.717) is 29.6 Å². The highest BCUT2D eigenvalue weighted by atomic mass is 16.6. The number of unbranched alkanes of at least 4 members (excludes halogenated alkanes) is 1. The molecule has 1 aromatic carbocycles. The minimum atomic E-state index is -0.879. The number of carbonyl (C=O) groups is 2. The van der Waals surface area contributed by atoms with Crippen LogP contribution in [0, 0.1) is 12.8 Å². The maximum absolute atomic E-state index is 13.1. The Labute approximate surface area is 189 Å². The van der Waals surface area contributed by atoms with Crippen molar-refractivity contribution in [3.63, 3.8) is 0 Å². The van der Waals surface area contributed by atoms with Gasteiger partial charge in [0.2, 0.25) is 0 Å². The lowest BCUT2D eigenvalue weighted by molar-refractivity contribution is -0.137. The molecule has 0 aliphatic carbocycles. The van der Waals surface area contributed by atoms with Crippen LogP contribution in [-0.2, 0) is 16.0 Å². The Balaban J connectivity index is 2.40. The van der Waals surface area contributed by atoms with E-state index in [2.05, 4.69) is 12.2 Å². The summed E-state index contributed by atoms with van der Waals surface area (Å²) in [4.78, 5) is 37.4. The average molecular weight is 446 g/mol. The first-order valence-electron chi connectivity index (χ1n) is 11.2. The van der Waals surface area contributed by atoms with E-state index in [1.165, 1.54) is 6.07 Å². The summed E-state index contributed by atoms with van der Waals surface area (Å²) < 4.78 is 16.5. The van der Waals surface area contributed by atoms with E-state index >= 15 is 0 Å². The first-order chi connectivity index (χ1) is 14.9. The quantitative estimate of drug-likeness (QED) is 0.337. The van der Waals surface area contributed by atoms with E-state index in [4.69, 9.17) is 13.9 Å². The normalized spacial score (nSPS) is 12.6. The van der Waals surface area contributed by atoms with Gasteiger partial charge in [0, 0.05) is 6.07 Å². The van der Waals surface area contributed by atoms with Crippen molar-refractivity contribution in [3.8, 4) is 5.75 Å². The van der Waals surface area contributed by atoms with Gasteiger partial charge in [-0.2, -0.15) is 0 Å². The van der Waals surface area contributed by atoms with Crippen molar-refractivity contribution in [2.75, 3.05) is 0 Å². The molecule has 0 saturated carbocycles. The zero-order valence-corrected chi connectivity index (χ0v) is 20.2. The van der Waals surface area contributed by atoms with Gasteiger partial charge >= 0.3 is 17.7 Å². The highest BCUT2D eigenvalue weighted by molar-refractivity contribution is 5.91. The summed E-state index contributed by atoms with van der Waals surface area (Å²) in [6, 6.07) is 4.08. The minimum Gasteiger partial charge on any atom is -0.444 e. The van der Waals surface area contributed by atoms with E-state index in [9.17, 15) is 14.4 Å². The first kappa shape index (κ1) is 25.4. The summed E-state index contributed by atoms with van der Waals surface area (Å²) in [7, 11) is 0. The van der Waals surface area contributed by atoms with Gasteiger partial charge in [-0.05, 0) is 76.1 Å². The van der Waals surface area contributed by atoms with Crippen LogP contribution in [0.2, 0.25) is 0 Å². The monoisotopic (exact) mass is 445 g/mol. The van der Waals surface area contributed by atoms with Gasteiger partial charge in [-0.25, -0.2) is 14.4 Å². The molecule has 0 fully saturated rings. The SMILES string of the molecule is CCCCc1cc(=O)oc2cc(C)cc(OC(=O)[C@H](CC(C)C)NC(=O)OC(C)(C)C)c12. The lowest BCUT2D eigenvalue weighted by Crippen LogP contribution is -2.45. The van der Waals surface area contributed by atoms with Crippen LogP contribution < -0.4 is 15.7 Å². The standard InChI is InChI=1S/C25H35NO6/c1-8-9-10-17-14-21(27)30-19-12-16(4)13-20(22(17)19)31-23(28)18(11-15(2)3)26-24(29)32-25(5,6)7/h12-15,18H,8-11H2,1-7H3,(H,26,29)/t18-/m0/s1. The van der Waals surface area contributed by atoms with Gasteiger partial charge < -0.3 is 19.2 Å². The number of aryl methyl sites for hydroxylation is 2. The van der Waals surface area contributed by atoms with Gasteiger partial charge in [0.15, 0.2) is 0 Å². The van der Waals surface area contributed by atoms with E-state index < -0.39 is 29.3 Å². The molecule has 0 aliphatic heterocycles. The van der Waals surface area contributed by atoms with Crippen molar-refractivity contribution in [2.24, 2.45) is 5.92 Å². The molecule has 0 radical (unpaired) electrons. The molecule has 1 amide bonds.